The standard InChI is InChI=1S/C13H10N4O2/c14-6-10-1-2-11(7-16-10)17-8-12-5-9(13(18)19)3-4-15-12/h1-5,7,17H,8H2,(H,18,19). The molecule has 0 bridgehead atoms. The maximum Gasteiger partial charge on any atom is 0.335 e. The fraction of sp³-hybridized carbons (Fsp3) is 0.0769. The lowest BCUT2D eigenvalue weighted by Gasteiger charge is -2.05. The van der Waals surface area contributed by atoms with Gasteiger partial charge in [0.05, 0.1) is 29.7 Å². The van der Waals surface area contributed by atoms with Gasteiger partial charge in [-0.2, -0.15) is 5.26 Å². The largest absolute Gasteiger partial charge is 0.478 e. The van der Waals surface area contributed by atoms with Crippen molar-refractivity contribution in [2.75, 3.05) is 5.32 Å². The molecule has 2 heterocycles. The van der Waals surface area contributed by atoms with Crippen molar-refractivity contribution >= 4 is 11.7 Å². The van der Waals surface area contributed by atoms with E-state index in [2.05, 4.69) is 15.3 Å². The Hall–Kier alpha value is -2.94. The molecule has 0 spiro atoms. The number of aromatic carboxylic acids is 1. The lowest BCUT2D eigenvalue weighted by molar-refractivity contribution is 0.0696. The van der Waals surface area contributed by atoms with Crippen molar-refractivity contribution in [1.82, 2.24) is 9.97 Å². The molecule has 0 aliphatic carbocycles. The van der Waals surface area contributed by atoms with Crippen LogP contribution in [0.1, 0.15) is 21.7 Å². The molecule has 0 saturated heterocycles. The highest BCUT2D eigenvalue weighted by Gasteiger charge is 2.04. The number of nitrogens with one attached hydrogen (secondary N) is 1. The van der Waals surface area contributed by atoms with Crippen LogP contribution in [-0.4, -0.2) is 21.0 Å². The van der Waals surface area contributed by atoms with Crippen LogP contribution in [0.2, 0.25) is 0 Å². The molecule has 0 unspecified atom stereocenters. The van der Waals surface area contributed by atoms with E-state index in [1.807, 2.05) is 6.07 Å². The minimum Gasteiger partial charge on any atom is -0.478 e. The van der Waals surface area contributed by atoms with Gasteiger partial charge in [-0.1, -0.05) is 0 Å². The molecule has 19 heavy (non-hydrogen) atoms. The number of rotatable bonds is 4. The molecule has 0 saturated carbocycles. The maximum atomic E-state index is 10.8. The molecule has 6 heteroatoms. The van der Waals surface area contributed by atoms with Crippen molar-refractivity contribution in [3.8, 4) is 6.07 Å². The van der Waals surface area contributed by atoms with Gasteiger partial charge < -0.3 is 10.4 Å². The van der Waals surface area contributed by atoms with Crippen LogP contribution in [0.4, 0.5) is 5.69 Å². The molecule has 0 aliphatic rings. The van der Waals surface area contributed by atoms with Crippen LogP contribution in [0.25, 0.3) is 0 Å². The lowest BCUT2D eigenvalue weighted by Crippen LogP contribution is -2.04. The van der Waals surface area contributed by atoms with Gasteiger partial charge in [-0.25, -0.2) is 9.78 Å². The fourth-order valence-electron chi connectivity index (χ4n) is 1.47. The van der Waals surface area contributed by atoms with Gasteiger partial charge >= 0.3 is 5.97 Å². The molecule has 2 aromatic rings. The SMILES string of the molecule is N#Cc1ccc(NCc2cc(C(=O)O)ccn2)cn1. The molecule has 0 aromatic carbocycles. The average molecular weight is 254 g/mol. The molecule has 0 amide bonds. The van der Waals surface area contributed by atoms with E-state index in [0.29, 0.717) is 17.9 Å². The number of nitriles is 1. The number of carbonyl (C=O) groups is 1. The third-order valence-corrected chi connectivity index (χ3v) is 2.42. The van der Waals surface area contributed by atoms with Crippen LogP contribution in [0, 0.1) is 11.3 Å². The van der Waals surface area contributed by atoms with Crippen molar-refractivity contribution in [2.24, 2.45) is 0 Å². The van der Waals surface area contributed by atoms with Gasteiger partial charge in [0.2, 0.25) is 0 Å². The zero-order chi connectivity index (χ0) is 13.7. The second kappa shape index (κ2) is 5.60. The highest BCUT2D eigenvalue weighted by Crippen LogP contribution is 2.08. The molecular formula is C13H10N4O2. The van der Waals surface area contributed by atoms with E-state index in [0.717, 1.165) is 5.69 Å². The average Bonchev–Trinajstić information content (AvgIpc) is 2.46. The molecule has 0 aliphatic heterocycles. The van der Waals surface area contributed by atoms with Gasteiger partial charge in [0.25, 0.3) is 0 Å². The summed E-state index contributed by atoms with van der Waals surface area (Å²) in [6.07, 6.45) is 3.00. The number of aromatic nitrogens is 2. The first kappa shape index (κ1) is 12.5. The van der Waals surface area contributed by atoms with Crippen LogP contribution in [0.5, 0.6) is 0 Å². The number of carboxylic acid groups (broad SMARTS) is 1. The minimum absolute atomic E-state index is 0.199. The number of hydrogen-bond donors (Lipinski definition) is 2. The van der Waals surface area contributed by atoms with Crippen LogP contribution in [0.15, 0.2) is 36.7 Å². The van der Waals surface area contributed by atoms with Gasteiger partial charge in [-0.15, -0.1) is 0 Å². The summed E-state index contributed by atoms with van der Waals surface area (Å²) in [6, 6.07) is 8.21. The fourth-order valence-corrected chi connectivity index (χ4v) is 1.47. The normalized spacial score (nSPS) is 9.63. The van der Waals surface area contributed by atoms with Gasteiger partial charge in [0.1, 0.15) is 11.8 Å². The molecule has 0 fully saturated rings. The van der Waals surface area contributed by atoms with Crippen LogP contribution < -0.4 is 5.32 Å². The van der Waals surface area contributed by atoms with Crippen LogP contribution in [0.3, 0.4) is 0 Å². The molecule has 94 valence electrons. The summed E-state index contributed by atoms with van der Waals surface area (Å²) in [6.45, 7) is 0.384. The van der Waals surface area contributed by atoms with Crippen molar-refractivity contribution in [1.29, 1.82) is 5.26 Å². The Kier molecular flexibility index (Phi) is 3.69. The molecule has 2 rings (SSSR count). The summed E-state index contributed by atoms with van der Waals surface area (Å²) in [4.78, 5) is 18.8. The Bertz CT molecular complexity index is 632. The number of hydrogen-bond acceptors (Lipinski definition) is 5. The third-order valence-electron chi connectivity index (χ3n) is 2.42. The highest BCUT2D eigenvalue weighted by molar-refractivity contribution is 5.87. The zero-order valence-corrected chi connectivity index (χ0v) is 9.87. The Balaban J connectivity index is 2.03. The monoisotopic (exact) mass is 254 g/mol. The molecule has 0 radical (unpaired) electrons. The quantitative estimate of drug-likeness (QED) is 0.860. The van der Waals surface area contributed by atoms with Crippen molar-refractivity contribution < 1.29 is 9.90 Å². The Labute approximate surface area is 109 Å². The van der Waals surface area contributed by atoms with Crippen LogP contribution >= 0.6 is 0 Å². The molecule has 0 atom stereocenters. The summed E-state index contributed by atoms with van der Waals surface area (Å²) in [7, 11) is 0. The summed E-state index contributed by atoms with van der Waals surface area (Å²) in [5.74, 6) is -0.983. The summed E-state index contributed by atoms with van der Waals surface area (Å²) < 4.78 is 0. The summed E-state index contributed by atoms with van der Waals surface area (Å²) in [5.41, 5.74) is 1.90. The van der Waals surface area contributed by atoms with Crippen LogP contribution in [-0.2, 0) is 6.54 Å². The van der Waals surface area contributed by atoms with E-state index in [1.165, 1.54) is 18.3 Å². The van der Waals surface area contributed by atoms with E-state index < -0.39 is 5.97 Å². The minimum atomic E-state index is -0.983. The Morgan fingerprint density at radius 1 is 1.37 bits per heavy atom. The van der Waals surface area contributed by atoms with Crippen molar-refractivity contribution in [3.63, 3.8) is 0 Å². The van der Waals surface area contributed by atoms with Gasteiger partial charge in [0.15, 0.2) is 0 Å². The van der Waals surface area contributed by atoms with E-state index in [-0.39, 0.29) is 5.56 Å². The third kappa shape index (κ3) is 3.26. The second-order valence-electron chi connectivity index (χ2n) is 3.74. The first-order chi connectivity index (χ1) is 9.19. The molecule has 2 aromatic heterocycles. The van der Waals surface area contributed by atoms with Gasteiger partial charge in [-0.3, -0.25) is 4.98 Å². The molecule has 6 nitrogen and oxygen atoms in total. The van der Waals surface area contributed by atoms with E-state index in [4.69, 9.17) is 10.4 Å². The summed E-state index contributed by atoms with van der Waals surface area (Å²) >= 11 is 0. The number of nitrogens with zero attached hydrogens (tertiary/aromatic N) is 3. The van der Waals surface area contributed by atoms with Crippen molar-refractivity contribution in [2.45, 2.75) is 6.54 Å². The second-order valence-corrected chi connectivity index (χ2v) is 3.74. The summed E-state index contributed by atoms with van der Waals surface area (Å²) in [5, 5.41) is 20.5. The Morgan fingerprint density at radius 3 is 2.84 bits per heavy atom. The first-order valence-corrected chi connectivity index (χ1v) is 5.47. The predicted octanol–water partition coefficient (Wildman–Crippen LogP) is 1.66. The molecule has 2 N–H and O–H groups in total. The smallest absolute Gasteiger partial charge is 0.335 e. The molecular weight excluding hydrogens is 244 g/mol. The van der Waals surface area contributed by atoms with Gasteiger partial charge in [-0.05, 0) is 24.3 Å². The topological polar surface area (TPSA) is 98.9 Å². The zero-order valence-electron chi connectivity index (χ0n) is 9.87. The Morgan fingerprint density at radius 2 is 2.21 bits per heavy atom. The maximum absolute atomic E-state index is 10.8. The van der Waals surface area contributed by atoms with E-state index >= 15 is 0 Å². The number of carboxylic acids is 1. The number of anilines is 1. The van der Waals surface area contributed by atoms with E-state index in [1.54, 1.807) is 18.3 Å². The van der Waals surface area contributed by atoms with Crippen molar-refractivity contribution in [3.05, 3.63) is 53.6 Å². The highest BCUT2D eigenvalue weighted by atomic mass is 16.4. The lowest BCUT2D eigenvalue weighted by atomic mass is 10.2. The first-order valence-electron chi connectivity index (χ1n) is 5.47. The van der Waals surface area contributed by atoms with E-state index in [9.17, 15) is 4.79 Å². The van der Waals surface area contributed by atoms with Gasteiger partial charge in [0, 0.05) is 6.20 Å². The predicted molar refractivity (Wildman–Crippen MR) is 67.5 cm³/mol. The number of pyridine rings is 2.